The molecule has 0 saturated carbocycles. The zero-order valence-corrected chi connectivity index (χ0v) is 21.9. The van der Waals surface area contributed by atoms with Crippen molar-refractivity contribution < 1.29 is 13.2 Å². The summed E-state index contributed by atoms with van der Waals surface area (Å²) in [6.07, 6.45) is 0. The van der Waals surface area contributed by atoms with E-state index in [1.807, 2.05) is 0 Å². The Morgan fingerprint density at radius 1 is 0.973 bits per heavy atom. The fourth-order valence-electron chi connectivity index (χ4n) is 3.64. The van der Waals surface area contributed by atoms with Crippen LogP contribution in [0.25, 0.3) is 11.4 Å². The van der Waals surface area contributed by atoms with Crippen LogP contribution in [-0.2, 0) is 21.4 Å². The van der Waals surface area contributed by atoms with Gasteiger partial charge in [-0.2, -0.15) is 4.31 Å². The van der Waals surface area contributed by atoms with E-state index in [0.717, 1.165) is 4.31 Å². The highest BCUT2D eigenvalue weighted by atomic mass is 35.5. The molecule has 0 aliphatic heterocycles. The number of nitrogens with one attached hydrogen (secondary N) is 2. The molecular formula is C26H22Cl2N4O4S. The zero-order chi connectivity index (χ0) is 26.6. The smallest absolute Gasteiger partial charge is 0.251 e. The van der Waals surface area contributed by atoms with Crippen LogP contribution in [0.5, 0.6) is 0 Å². The highest BCUT2D eigenvalue weighted by Crippen LogP contribution is 2.23. The van der Waals surface area contributed by atoms with Gasteiger partial charge in [0.1, 0.15) is 5.82 Å². The fourth-order valence-corrected chi connectivity index (χ4v) is 5.36. The van der Waals surface area contributed by atoms with Crippen LogP contribution in [-0.4, -0.2) is 35.1 Å². The molecule has 1 aromatic heterocycles. The van der Waals surface area contributed by atoms with Crippen molar-refractivity contribution in [2.24, 2.45) is 0 Å². The van der Waals surface area contributed by atoms with Gasteiger partial charge in [-0.1, -0.05) is 47.5 Å². The number of nitrogens with zero attached hydrogens (tertiary/aromatic N) is 2. The lowest BCUT2D eigenvalue weighted by Crippen LogP contribution is -2.37. The average molecular weight is 557 g/mol. The maximum Gasteiger partial charge on any atom is 0.251 e. The maximum absolute atomic E-state index is 13.5. The fraction of sp³-hybridized carbons (Fsp3) is 0.115. The van der Waals surface area contributed by atoms with Crippen LogP contribution in [0.4, 0.5) is 5.69 Å². The van der Waals surface area contributed by atoms with E-state index >= 15 is 0 Å². The van der Waals surface area contributed by atoms with E-state index in [4.69, 9.17) is 23.2 Å². The van der Waals surface area contributed by atoms with Crippen molar-refractivity contribution in [1.29, 1.82) is 0 Å². The summed E-state index contributed by atoms with van der Waals surface area (Å²) in [5.74, 6) is -0.198. The Balaban J connectivity index is 1.59. The summed E-state index contributed by atoms with van der Waals surface area (Å²) in [5.41, 5.74) is 1.88. The molecule has 37 heavy (non-hydrogen) atoms. The highest BCUT2D eigenvalue weighted by molar-refractivity contribution is 7.89. The minimum Gasteiger partial charge on any atom is -0.325 e. The third-order valence-electron chi connectivity index (χ3n) is 5.31. The number of hydrogen-bond donors (Lipinski definition) is 2. The molecule has 0 bridgehead atoms. The van der Waals surface area contributed by atoms with Crippen molar-refractivity contribution >= 4 is 44.8 Å². The molecule has 0 radical (unpaired) electrons. The monoisotopic (exact) mass is 556 g/mol. The molecule has 0 atom stereocenters. The first kappa shape index (κ1) is 26.6. The van der Waals surface area contributed by atoms with Gasteiger partial charge in [-0.25, -0.2) is 13.4 Å². The number of amides is 1. The van der Waals surface area contributed by atoms with Crippen LogP contribution in [0.1, 0.15) is 11.3 Å². The average Bonchev–Trinajstić information content (AvgIpc) is 2.83. The van der Waals surface area contributed by atoms with E-state index in [9.17, 15) is 18.0 Å². The van der Waals surface area contributed by atoms with Crippen molar-refractivity contribution in [2.45, 2.75) is 18.4 Å². The Morgan fingerprint density at radius 2 is 1.70 bits per heavy atom. The first-order valence-electron chi connectivity index (χ1n) is 11.1. The number of carbonyl (C=O) groups is 1. The standard InChI is InChI=1S/C26H22Cl2N4O4S/c1-17-12-24(33)31-26(29-17)19-5-3-7-22(14-19)30-25(34)16-32(15-18-4-2-6-21(28)13-18)37(35,36)23-10-8-20(27)9-11-23/h2-14H,15-16H2,1H3,(H,30,34)(H,29,31,33). The van der Waals surface area contributed by atoms with Gasteiger partial charge in [0.25, 0.3) is 5.56 Å². The predicted octanol–water partition coefficient (Wildman–Crippen LogP) is 4.88. The number of aromatic amines is 1. The Bertz CT molecular complexity index is 1610. The van der Waals surface area contributed by atoms with Gasteiger partial charge in [-0.05, 0) is 61.0 Å². The second kappa shape index (κ2) is 11.3. The number of benzene rings is 3. The summed E-state index contributed by atoms with van der Waals surface area (Å²) in [6, 6.07) is 20.6. The van der Waals surface area contributed by atoms with E-state index in [0.29, 0.717) is 38.4 Å². The third-order valence-corrected chi connectivity index (χ3v) is 7.60. The number of rotatable bonds is 8. The molecule has 8 nitrogen and oxygen atoms in total. The van der Waals surface area contributed by atoms with Gasteiger partial charge in [-0.3, -0.25) is 9.59 Å². The largest absolute Gasteiger partial charge is 0.325 e. The summed E-state index contributed by atoms with van der Waals surface area (Å²) in [7, 11) is -4.06. The van der Waals surface area contributed by atoms with E-state index in [2.05, 4.69) is 15.3 Å². The van der Waals surface area contributed by atoms with Crippen molar-refractivity contribution in [2.75, 3.05) is 11.9 Å². The Morgan fingerprint density at radius 3 is 2.41 bits per heavy atom. The molecule has 0 spiro atoms. The molecule has 0 fully saturated rings. The lowest BCUT2D eigenvalue weighted by molar-refractivity contribution is -0.116. The molecule has 3 aromatic carbocycles. The SMILES string of the molecule is Cc1cc(=O)[nH]c(-c2cccc(NC(=O)CN(Cc3cccc(Cl)c3)S(=O)(=O)c3ccc(Cl)cc3)c2)n1. The van der Waals surface area contributed by atoms with E-state index in [-0.39, 0.29) is 17.0 Å². The number of aryl methyl sites for hydroxylation is 1. The predicted molar refractivity (Wildman–Crippen MR) is 144 cm³/mol. The normalized spacial score (nSPS) is 11.5. The van der Waals surface area contributed by atoms with Crippen molar-refractivity contribution in [1.82, 2.24) is 14.3 Å². The van der Waals surface area contributed by atoms with Crippen molar-refractivity contribution in [3.63, 3.8) is 0 Å². The Hall–Kier alpha value is -3.50. The molecule has 0 aliphatic rings. The van der Waals surface area contributed by atoms with Gasteiger partial charge < -0.3 is 10.3 Å². The van der Waals surface area contributed by atoms with Gasteiger partial charge in [0.2, 0.25) is 15.9 Å². The van der Waals surface area contributed by atoms with Gasteiger partial charge in [0.05, 0.1) is 11.4 Å². The molecule has 11 heteroatoms. The molecule has 2 N–H and O–H groups in total. The number of hydrogen-bond acceptors (Lipinski definition) is 5. The molecule has 4 aromatic rings. The number of anilines is 1. The maximum atomic E-state index is 13.5. The minimum absolute atomic E-state index is 0.00296. The minimum atomic E-state index is -4.06. The van der Waals surface area contributed by atoms with Crippen LogP contribution >= 0.6 is 23.2 Å². The van der Waals surface area contributed by atoms with E-state index in [1.165, 1.54) is 30.3 Å². The van der Waals surface area contributed by atoms with Gasteiger partial charge in [-0.15, -0.1) is 0 Å². The lowest BCUT2D eigenvalue weighted by Gasteiger charge is -2.22. The van der Waals surface area contributed by atoms with Crippen LogP contribution < -0.4 is 10.9 Å². The third kappa shape index (κ3) is 6.84. The molecule has 0 saturated heterocycles. The van der Waals surface area contributed by atoms with Crippen molar-refractivity contribution in [3.8, 4) is 11.4 Å². The molecular weight excluding hydrogens is 535 g/mol. The summed E-state index contributed by atoms with van der Waals surface area (Å²) in [5, 5.41) is 3.57. The van der Waals surface area contributed by atoms with Crippen LogP contribution in [0.15, 0.2) is 88.6 Å². The number of aromatic nitrogens is 2. The quantitative estimate of drug-likeness (QED) is 0.321. The second-order valence-corrected chi connectivity index (χ2v) is 11.0. The number of carbonyl (C=O) groups excluding carboxylic acids is 1. The first-order chi connectivity index (χ1) is 17.6. The lowest BCUT2D eigenvalue weighted by atomic mass is 10.2. The van der Waals surface area contributed by atoms with Crippen molar-refractivity contribution in [3.05, 3.63) is 111 Å². The topological polar surface area (TPSA) is 112 Å². The summed E-state index contributed by atoms with van der Waals surface area (Å²) in [4.78, 5) is 31.8. The highest BCUT2D eigenvalue weighted by Gasteiger charge is 2.27. The molecule has 1 heterocycles. The molecule has 0 aliphatic carbocycles. The number of halogens is 2. The van der Waals surface area contributed by atoms with E-state index < -0.39 is 22.5 Å². The molecule has 1 amide bonds. The van der Waals surface area contributed by atoms with Gasteiger partial charge >= 0.3 is 0 Å². The zero-order valence-electron chi connectivity index (χ0n) is 19.6. The van der Waals surface area contributed by atoms with E-state index in [1.54, 1.807) is 55.5 Å². The summed E-state index contributed by atoms with van der Waals surface area (Å²) in [6.45, 7) is 1.18. The number of sulfonamides is 1. The first-order valence-corrected chi connectivity index (χ1v) is 13.3. The summed E-state index contributed by atoms with van der Waals surface area (Å²) >= 11 is 12.0. The van der Waals surface area contributed by atoms with Crippen LogP contribution in [0.2, 0.25) is 10.0 Å². The number of H-pyrrole nitrogens is 1. The van der Waals surface area contributed by atoms with Gasteiger partial charge in [0.15, 0.2) is 0 Å². The molecule has 4 rings (SSSR count). The van der Waals surface area contributed by atoms with Crippen LogP contribution in [0.3, 0.4) is 0 Å². The Labute approximate surface area is 224 Å². The second-order valence-electron chi connectivity index (χ2n) is 8.22. The summed E-state index contributed by atoms with van der Waals surface area (Å²) < 4.78 is 28.0. The molecule has 0 unspecified atom stereocenters. The Kier molecular flexibility index (Phi) is 8.09. The van der Waals surface area contributed by atoms with Gasteiger partial charge in [0, 0.05) is 39.6 Å². The molecule has 190 valence electrons. The van der Waals surface area contributed by atoms with Crippen LogP contribution in [0, 0.1) is 6.92 Å².